The molecule has 0 fully saturated rings. The molecular formula is C11H11ClFN3. The SMILES string of the molecule is CC1CC(N)=NN=C1c1cccc(Cl)c1F. The van der Waals surface area contributed by atoms with Gasteiger partial charge in [0.2, 0.25) is 0 Å². The highest BCUT2D eigenvalue weighted by molar-refractivity contribution is 6.31. The van der Waals surface area contributed by atoms with E-state index < -0.39 is 5.82 Å². The molecule has 5 heteroatoms. The lowest BCUT2D eigenvalue weighted by Gasteiger charge is -2.17. The van der Waals surface area contributed by atoms with Gasteiger partial charge in [-0.15, -0.1) is 5.10 Å². The maximum atomic E-state index is 13.8. The number of rotatable bonds is 1. The molecule has 0 saturated carbocycles. The lowest BCUT2D eigenvalue weighted by Crippen LogP contribution is -2.25. The molecule has 1 aliphatic rings. The standard InChI is InChI=1S/C11H11ClFN3/c1-6-5-9(14)15-16-11(6)7-3-2-4-8(12)10(7)13/h2-4,6H,5H2,1H3,(H2,14,15). The molecule has 1 aromatic carbocycles. The highest BCUT2D eigenvalue weighted by atomic mass is 35.5. The molecule has 0 aromatic heterocycles. The van der Waals surface area contributed by atoms with Gasteiger partial charge in [-0.25, -0.2) is 4.39 Å². The average molecular weight is 240 g/mol. The first-order chi connectivity index (χ1) is 7.59. The topological polar surface area (TPSA) is 50.7 Å². The van der Waals surface area contributed by atoms with E-state index in [9.17, 15) is 4.39 Å². The van der Waals surface area contributed by atoms with Crippen molar-refractivity contribution in [2.75, 3.05) is 0 Å². The minimum atomic E-state index is -0.453. The number of amidine groups is 1. The van der Waals surface area contributed by atoms with E-state index in [0.717, 1.165) is 0 Å². The van der Waals surface area contributed by atoms with Gasteiger partial charge in [0.1, 0.15) is 5.84 Å². The van der Waals surface area contributed by atoms with E-state index >= 15 is 0 Å². The van der Waals surface area contributed by atoms with Crippen molar-refractivity contribution in [1.82, 2.24) is 0 Å². The first-order valence-corrected chi connectivity index (χ1v) is 5.31. The molecule has 0 saturated heterocycles. The maximum Gasteiger partial charge on any atom is 0.150 e. The third kappa shape index (κ3) is 1.93. The number of nitrogens with zero attached hydrogens (tertiary/aromatic N) is 2. The lowest BCUT2D eigenvalue weighted by atomic mass is 9.94. The summed E-state index contributed by atoms with van der Waals surface area (Å²) in [6.45, 7) is 1.93. The second-order valence-corrected chi connectivity index (χ2v) is 4.19. The largest absolute Gasteiger partial charge is 0.386 e. The highest BCUT2D eigenvalue weighted by Gasteiger charge is 2.21. The smallest absolute Gasteiger partial charge is 0.150 e. The van der Waals surface area contributed by atoms with Gasteiger partial charge in [-0.3, -0.25) is 0 Å². The Balaban J connectivity index is 2.49. The molecule has 0 amide bonds. The Kier molecular flexibility index (Phi) is 2.92. The van der Waals surface area contributed by atoms with Crippen molar-refractivity contribution < 1.29 is 4.39 Å². The Bertz CT molecular complexity index is 482. The van der Waals surface area contributed by atoms with E-state index in [1.54, 1.807) is 12.1 Å². The highest BCUT2D eigenvalue weighted by Crippen LogP contribution is 2.23. The van der Waals surface area contributed by atoms with Crippen LogP contribution >= 0.6 is 11.6 Å². The molecule has 2 rings (SSSR count). The monoisotopic (exact) mass is 239 g/mol. The van der Waals surface area contributed by atoms with Gasteiger partial charge in [0.05, 0.1) is 10.7 Å². The van der Waals surface area contributed by atoms with E-state index in [1.165, 1.54) is 6.07 Å². The summed E-state index contributed by atoms with van der Waals surface area (Å²) in [5.74, 6) is 0.0644. The summed E-state index contributed by atoms with van der Waals surface area (Å²) in [5, 5.41) is 7.82. The molecule has 1 unspecified atom stereocenters. The van der Waals surface area contributed by atoms with E-state index in [2.05, 4.69) is 10.2 Å². The summed E-state index contributed by atoms with van der Waals surface area (Å²) in [7, 11) is 0. The number of hydrogen-bond donors (Lipinski definition) is 1. The number of benzene rings is 1. The van der Waals surface area contributed by atoms with Crippen molar-refractivity contribution in [3.63, 3.8) is 0 Å². The summed E-state index contributed by atoms with van der Waals surface area (Å²) >= 11 is 5.72. The van der Waals surface area contributed by atoms with Gasteiger partial charge in [0, 0.05) is 17.9 Å². The zero-order valence-electron chi connectivity index (χ0n) is 8.74. The minimum Gasteiger partial charge on any atom is -0.386 e. The van der Waals surface area contributed by atoms with Gasteiger partial charge in [-0.05, 0) is 6.07 Å². The molecule has 84 valence electrons. The Morgan fingerprint density at radius 1 is 1.44 bits per heavy atom. The molecule has 2 N–H and O–H groups in total. The van der Waals surface area contributed by atoms with Crippen molar-refractivity contribution >= 4 is 23.1 Å². The minimum absolute atomic E-state index is 0.0467. The normalized spacial score (nSPS) is 20.3. The van der Waals surface area contributed by atoms with Crippen LogP contribution in [0.5, 0.6) is 0 Å². The number of hydrogen-bond acceptors (Lipinski definition) is 3. The van der Waals surface area contributed by atoms with Gasteiger partial charge in [0.25, 0.3) is 0 Å². The van der Waals surface area contributed by atoms with Crippen LogP contribution in [0.2, 0.25) is 5.02 Å². The maximum absolute atomic E-state index is 13.8. The van der Waals surface area contributed by atoms with E-state index in [1.807, 2.05) is 6.92 Å². The molecule has 1 aromatic rings. The third-order valence-corrected chi connectivity index (χ3v) is 2.79. The Morgan fingerprint density at radius 3 is 2.88 bits per heavy atom. The molecule has 0 spiro atoms. The van der Waals surface area contributed by atoms with Crippen molar-refractivity contribution in [2.24, 2.45) is 21.9 Å². The van der Waals surface area contributed by atoms with Gasteiger partial charge >= 0.3 is 0 Å². The van der Waals surface area contributed by atoms with Crippen LogP contribution in [0.25, 0.3) is 0 Å². The van der Waals surface area contributed by atoms with Crippen molar-refractivity contribution in [3.8, 4) is 0 Å². The number of nitrogens with two attached hydrogens (primary N) is 1. The summed E-state index contributed by atoms with van der Waals surface area (Å²) < 4.78 is 13.8. The average Bonchev–Trinajstić information content (AvgIpc) is 2.23. The number of halogens is 2. The van der Waals surface area contributed by atoms with Crippen molar-refractivity contribution in [3.05, 3.63) is 34.6 Å². The zero-order valence-corrected chi connectivity index (χ0v) is 9.50. The summed E-state index contributed by atoms with van der Waals surface area (Å²) in [6, 6.07) is 4.84. The second kappa shape index (κ2) is 4.22. The molecule has 1 heterocycles. The van der Waals surface area contributed by atoms with Crippen LogP contribution in [0.15, 0.2) is 28.4 Å². The van der Waals surface area contributed by atoms with Crippen LogP contribution in [0.1, 0.15) is 18.9 Å². The summed E-state index contributed by atoms with van der Waals surface area (Å²) in [4.78, 5) is 0. The Labute approximate surface area is 97.8 Å². The van der Waals surface area contributed by atoms with E-state index in [0.29, 0.717) is 23.5 Å². The summed E-state index contributed by atoms with van der Waals surface area (Å²) in [6.07, 6.45) is 0.588. The van der Waals surface area contributed by atoms with Crippen LogP contribution in [-0.4, -0.2) is 11.5 Å². The first kappa shape index (κ1) is 11.1. The van der Waals surface area contributed by atoms with Crippen LogP contribution < -0.4 is 5.73 Å². The lowest BCUT2D eigenvalue weighted by molar-refractivity contribution is 0.622. The van der Waals surface area contributed by atoms with Gasteiger partial charge < -0.3 is 5.73 Å². The van der Waals surface area contributed by atoms with Gasteiger partial charge in [-0.1, -0.05) is 30.7 Å². The molecule has 0 radical (unpaired) electrons. The Hall–Kier alpha value is -1.42. The van der Waals surface area contributed by atoms with E-state index in [4.69, 9.17) is 17.3 Å². The molecule has 0 bridgehead atoms. The molecule has 16 heavy (non-hydrogen) atoms. The molecule has 1 atom stereocenters. The van der Waals surface area contributed by atoms with Crippen LogP contribution in [0.4, 0.5) is 4.39 Å². The zero-order chi connectivity index (χ0) is 11.7. The fourth-order valence-electron chi connectivity index (χ4n) is 1.69. The second-order valence-electron chi connectivity index (χ2n) is 3.78. The van der Waals surface area contributed by atoms with Gasteiger partial charge in [0.15, 0.2) is 5.82 Å². The first-order valence-electron chi connectivity index (χ1n) is 4.94. The third-order valence-electron chi connectivity index (χ3n) is 2.50. The molecular weight excluding hydrogens is 229 g/mol. The van der Waals surface area contributed by atoms with Crippen molar-refractivity contribution in [2.45, 2.75) is 13.3 Å². The van der Waals surface area contributed by atoms with Crippen LogP contribution in [-0.2, 0) is 0 Å². The Morgan fingerprint density at radius 2 is 2.19 bits per heavy atom. The van der Waals surface area contributed by atoms with Crippen molar-refractivity contribution in [1.29, 1.82) is 0 Å². The molecule has 3 nitrogen and oxygen atoms in total. The van der Waals surface area contributed by atoms with E-state index in [-0.39, 0.29) is 10.9 Å². The summed E-state index contributed by atoms with van der Waals surface area (Å²) in [5.41, 5.74) is 6.55. The molecule has 1 aliphatic heterocycles. The predicted molar refractivity (Wildman–Crippen MR) is 63.4 cm³/mol. The fraction of sp³-hybridized carbons (Fsp3) is 0.273. The van der Waals surface area contributed by atoms with Gasteiger partial charge in [-0.2, -0.15) is 5.10 Å². The fourth-order valence-corrected chi connectivity index (χ4v) is 1.86. The predicted octanol–water partition coefficient (Wildman–Crippen LogP) is 2.58. The van der Waals surface area contributed by atoms with Crippen LogP contribution in [0.3, 0.4) is 0 Å². The quantitative estimate of drug-likeness (QED) is 0.805. The van der Waals surface area contributed by atoms with Crippen LogP contribution in [0, 0.1) is 11.7 Å². The molecule has 0 aliphatic carbocycles.